The minimum absolute atomic E-state index is 0.200. The van der Waals surface area contributed by atoms with Crippen molar-refractivity contribution in [3.05, 3.63) is 35.4 Å². The fourth-order valence-corrected chi connectivity index (χ4v) is 2.64. The van der Waals surface area contributed by atoms with E-state index >= 15 is 0 Å². The largest absolute Gasteiger partial charge is 0.353 e. The number of hydrogen-bond donors (Lipinski definition) is 1. The van der Waals surface area contributed by atoms with Crippen LogP contribution >= 0.6 is 0 Å². The lowest BCUT2D eigenvalue weighted by molar-refractivity contribution is -0.126. The van der Waals surface area contributed by atoms with E-state index in [0.29, 0.717) is 6.04 Å². The van der Waals surface area contributed by atoms with E-state index in [2.05, 4.69) is 36.5 Å². The van der Waals surface area contributed by atoms with Gasteiger partial charge in [-0.2, -0.15) is 0 Å². The second-order valence-electron chi connectivity index (χ2n) is 5.23. The first kappa shape index (κ1) is 9.88. The number of amides is 1. The summed E-state index contributed by atoms with van der Waals surface area (Å²) in [5.41, 5.74) is 2.56. The summed E-state index contributed by atoms with van der Waals surface area (Å²) in [7, 11) is 0. The fraction of sp³-hybridized carbons (Fsp3) is 0.500. The van der Waals surface area contributed by atoms with Crippen LogP contribution in [0.2, 0.25) is 0 Å². The van der Waals surface area contributed by atoms with E-state index in [9.17, 15) is 4.79 Å². The van der Waals surface area contributed by atoms with Crippen molar-refractivity contribution in [2.75, 3.05) is 0 Å². The smallest absolute Gasteiger partial charge is 0.223 e. The molecule has 2 fully saturated rings. The molecule has 16 heavy (non-hydrogen) atoms. The molecule has 1 aromatic carbocycles. The van der Waals surface area contributed by atoms with E-state index < -0.39 is 0 Å². The fourth-order valence-electron chi connectivity index (χ4n) is 2.64. The molecule has 1 amide bonds. The molecule has 0 radical (unpaired) electrons. The molecule has 1 aliphatic heterocycles. The van der Waals surface area contributed by atoms with Gasteiger partial charge in [-0.25, -0.2) is 0 Å². The maximum atomic E-state index is 11.8. The number of hydrogen-bond acceptors (Lipinski definition) is 1. The average Bonchev–Trinajstić information content (AvgIpc) is 3.00. The van der Waals surface area contributed by atoms with Crippen LogP contribution in [0.3, 0.4) is 0 Å². The van der Waals surface area contributed by atoms with E-state index in [1.54, 1.807) is 0 Å². The highest BCUT2D eigenvalue weighted by molar-refractivity contribution is 5.80. The van der Waals surface area contributed by atoms with Crippen molar-refractivity contribution in [3.8, 4) is 0 Å². The molecule has 0 aromatic heterocycles. The predicted octanol–water partition coefficient (Wildman–Crippen LogP) is 2.06. The van der Waals surface area contributed by atoms with Crippen LogP contribution in [0, 0.1) is 18.8 Å². The molecule has 1 N–H and O–H groups in total. The highest BCUT2D eigenvalue weighted by atomic mass is 16.2. The first-order chi connectivity index (χ1) is 7.72. The third-order valence-electron chi connectivity index (χ3n) is 3.81. The Morgan fingerprint density at radius 2 is 2.00 bits per heavy atom. The maximum absolute atomic E-state index is 11.8. The van der Waals surface area contributed by atoms with E-state index in [0.717, 1.165) is 18.8 Å². The number of rotatable bonds is 2. The molecule has 1 aliphatic carbocycles. The highest BCUT2D eigenvalue weighted by Crippen LogP contribution is 2.40. The third-order valence-corrected chi connectivity index (χ3v) is 3.81. The standard InChI is InChI=1S/C14H17NO/c1-9-2-4-10(5-3-9)6-12-7-11-8-13(11)15-14(12)16/h2-5,11-13H,6-8H2,1H3,(H,15,16). The first-order valence-electron chi connectivity index (χ1n) is 6.08. The number of aryl methyl sites for hydroxylation is 1. The zero-order chi connectivity index (χ0) is 11.1. The second-order valence-corrected chi connectivity index (χ2v) is 5.23. The monoisotopic (exact) mass is 215 g/mol. The molecular formula is C14H17NO. The van der Waals surface area contributed by atoms with Gasteiger partial charge in [-0.15, -0.1) is 0 Å². The number of benzene rings is 1. The van der Waals surface area contributed by atoms with E-state index in [1.807, 2.05) is 0 Å². The molecule has 3 atom stereocenters. The average molecular weight is 215 g/mol. The molecular weight excluding hydrogens is 198 g/mol. The van der Waals surface area contributed by atoms with Crippen molar-refractivity contribution >= 4 is 5.91 Å². The Balaban J connectivity index is 1.69. The number of carbonyl (C=O) groups excluding carboxylic acids is 1. The van der Waals surface area contributed by atoms with Crippen LogP contribution in [-0.2, 0) is 11.2 Å². The number of fused-ring (bicyclic) bond motifs is 1. The van der Waals surface area contributed by atoms with E-state index in [4.69, 9.17) is 0 Å². The van der Waals surface area contributed by atoms with Crippen LogP contribution in [-0.4, -0.2) is 11.9 Å². The van der Waals surface area contributed by atoms with Gasteiger partial charge in [0.1, 0.15) is 0 Å². The lowest BCUT2D eigenvalue weighted by Crippen LogP contribution is -2.38. The zero-order valence-electron chi connectivity index (χ0n) is 9.57. The lowest BCUT2D eigenvalue weighted by Gasteiger charge is -2.21. The summed E-state index contributed by atoms with van der Waals surface area (Å²) in [5.74, 6) is 1.24. The molecule has 1 heterocycles. The highest BCUT2D eigenvalue weighted by Gasteiger charge is 2.45. The van der Waals surface area contributed by atoms with Crippen LogP contribution in [0.4, 0.5) is 0 Å². The second kappa shape index (κ2) is 3.62. The Labute approximate surface area is 96.1 Å². The van der Waals surface area contributed by atoms with Crippen LogP contribution in [0.1, 0.15) is 24.0 Å². The summed E-state index contributed by atoms with van der Waals surface area (Å²) in [6.07, 6.45) is 3.19. The van der Waals surface area contributed by atoms with Crippen molar-refractivity contribution in [2.24, 2.45) is 11.8 Å². The Hall–Kier alpha value is -1.31. The summed E-state index contributed by atoms with van der Waals surface area (Å²) < 4.78 is 0. The third kappa shape index (κ3) is 1.84. The van der Waals surface area contributed by atoms with Gasteiger partial charge in [0, 0.05) is 12.0 Å². The summed E-state index contributed by atoms with van der Waals surface area (Å²) in [5, 5.41) is 3.10. The van der Waals surface area contributed by atoms with Crippen molar-refractivity contribution in [1.82, 2.24) is 5.32 Å². The van der Waals surface area contributed by atoms with Crippen molar-refractivity contribution in [3.63, 3.8) is 0 Å². The molecule has 1 aromatic rings. The molecule has 3 rings (SSSR count). The number of piperidine rings is 1. The Morgan fingerprint density at radius 3 is 2.75 bits per heavy atom. The van der Waals surface area contributed by atoms with Crippen LogP contribution < -0.4 is 5.32 Å². The Kier molecular flexibility index (Phi) is 2.23. The van der Waals surface area contributed by atoms with Gasteiger partial charge in [-0.05, 0) is 37.7 Å². The van der Waals surface area contributed by atoms with Gasteiger partial charge in [-0.1, -0.05) is 29.8 Å². The van der Waals surface area contributed by atoms with Gasteiger partial charge in [0.15, 0.2) is 0 Å². The van der Waals surface area contributed by atoms with Crippen LogP contribution in [0.15, 0.2) is 24.3 Å². The van der Waals surface area contributed by atoms with E-state index in [1.165, 1.54) is 17.5 Å². The van der Waals surface area contributed by atoms with Gasteiger partial charge in [-0.3, -0.25) is 4.79 Å². The first-order valence-corrected chi connectivity index (χ1v) is 6.08. The van der Waals surface area contributed by atoms with Crippen molar-refractivity contribution in [2.45, 2.75) is 32.2 Å². The molecule has 1 saturated carbocycles. The summed E-state index contributed by atoms with van der Waals surface area (Å²) in [6, 6.07) is 9.04. The Bertz CT molecular complexity index is 409. The topological polar surface area (TPSA) is 29.1 Å². The normalized spacial score (nSPS) is 31.8. The molecule has 1 saturated heterocycles. The van der Waals surface area contributed by atoms with E-state index in [-0.39, 0.29) is 11.8 Å². The molecule has 0 bridgehead atoms. The molecule has 3 unspecified atom stereocenters. The van der Waals surface area contributed by atoms with Crippen molar-refractivity contribution < 1.29 is 4.79 Å². The Morgan fingerprint density at radius 1 is 1.25 bits per heavy atom. The summed E-state index contributed by atoms with van der Waals surface area (Å²) in [4.78, 5) is 11.8. The van der Waals surface area contributed by atoms with Crippen molar-refractivity contribution in [1.29, 1.82) is 0 Å². The minimum atomic E-state index is 0.200. The molecule has 84 valence electrons. The molecule has 0 spiro atoms. The van der Waals surface area contributed by atoms with Gasteiger partial charge in [0.2, 0.25) is 5.91 Å². The van der Waals surface area contributed by atoms with Gasteiger partial charge >= 0.3 is 0 Å². The van der Waals surface area contributed by atoms with Crippen LogP contribution in [0.5, 0.6) is 0 Å². The predicted molar refractivity (Wildman–Crippen MR) is 63.0 cm³/mol. The SMILES string of the molecule is Cc1ccc(CC2CC3CC3NC2=O)cc1. The van der Waals surface area contributed by atoms with Gasteiger partial charge in [0.25, 0.3) is 0 Å². The molecule has 2 nitrogen and oxygen atoms in total. The molecule has 2 aliphatic rings. The lowest BCUT2D eigenvalue weighted by atomic mass is 9.91. The molecule has 2 heteroatoms. The number of nitrogens with one attached hydrogen (secondary N) is 1. The number of carbonyl (C=O) groups is 1. The van der Waals surface area contributed by atoms with Gasteiger partial charge < -0.3 is 5.32 Å². The van der Waals surface area contributed by atoms with Crippen LogP contribution in [0.25, 0.3) is 0 Å². The quantitative estimate of drug-likeness (QED) is 0.804. The van der Waals surface area contributed by atoms with Gasteiger partial charge in [0.05, 0.1) is 0 Å². The summed E-state index contributed by atoms with van der Waals surface area (Å²) >= 11 is 0. The maximum Gasteiger partial charge on any atom is 0.223 e. The zero-order valence-corrected chi connectivity index (χ0v) is 9.57. The minimum Gasteiger partial charge on any atom is -0.353 e. The summed E-state index contributed by atoms with van der Waals surface area (Å²) in [6.45, 7) is 2.09.